The summed E-state index contributed by atoms with van der Waals surface area (Å²) in [6.07, 6.45) is 0. The second kappa shape index (κ2) is 16.5. The van der Waals surface area contributed by atoms with Gasteiger partial charge in [0, 0.05) is 27.6 Å². The Hall–Kier alpha value is -9.24. The summed E-state index contributed by atoms with van der Waals surface area (Å²) < 4.78 is 6.47. The minimum atomic E-state index is -0.575. The van der Waals surface area contributed by atoms with Crippen LogP contribution in [0, 0.1) is 0 Å². The average molecular weight is 904 g/mol. The highest BCUT2D eigenvalue weighted by molar-refractivity contribution is 6.14. The van der Waals surface area contributed by atoms with Crippen LogP contribution in [0.1, 0.15) is 22.3 Å². The number of furan rings is 1. The van der Waals surface area contributed by atoms with Crippen molar-refractivity contribution >= 4 is 60.5 Å². The minimum Gasteiger partial charge on any atom is -0.456 e. The van der Waals surface area contributed by atoms with Crippen LogP contribution in [0.4, 0.5) is 17.1 Å². The van der Waals surface area contributed by atoms with E-state index in [9.17, 15) is 0 Å². The molecule has 1 aliphatic rings. The van der Waals surface area contributed by atoms with Crippen molar-refractivity contribution in [3.05, 3.63) is 295 Å². The van der Waals surface area contributed by atoms with Crippen LogP contribution in [0.15, 0.2) is 277 Å². The Balaban J connectivity index is 1.08. The van der Waals surface area contributed by atoms with Crippen molar-refractivity contribution < 1.29 is 4.42 Å². The zero-order valence-electron chi connectivity index (χ0n) is 38.8. The molecular formula is C69H45NO. The van der Waals surface area contributed by atoms with Gasteiger partial charge in [-0.05, 0) is 126 Å². The first kappa shape index (κ1) is 40.8. The van der Waals surface area contributed by atoms with Crippen molar-refractivity contribution in [2.45, 2.75) is 5.41 Å². The molecule has 12 aromatic carbocycles. The zero-order chi connectivity index (χ0) is 46.9. The quantitative estimate of drug-likeness (QED) is 0.141. The van der Waals surface area contributed by atoms with E-state index in [2.05, 4.69) is 266 Å². The van der Waals surface area contributed by atoms with E-state index in [0.29, 0.717) is 0 Å². The van der Waals surface area contributed by atoms with E-state index in [4.69, 9.17) is 4.42 Å². The van der Waals surface area contributed by atoms with E-state index < -0.39 is 5.41 Å². The molecule has 2 nitrogen and oxygen atoms in total. The highest BCUT2D eigenvalue weighted by Gasteiger charge is 2.47. The Bertz CT molecular complexity index is 4130. The molecule has 1 aliphatic carbocycles. The largest absolute Gasteiger partial charge is 0.456 e. The molecule has 0 fully saturated rings. The predicted octanol–water partition coefficient (Wildman–Crippen LogP) is 18.7. The van der Waals surface area contributed by atoms with Crippen LogP contribution in [0.25, 0.3) is 88.0 Å². The molecule has 0 bridgehead atoms. The van der Waals surface area contributed by atoms with Gasteiger partial charge in [-0.3, -0.25) is 0 Å². The fourth-order valence-electron chi connectivity index (χ4n) is 11.8. The van der Waals surface area contributed by atoms with E-state index in [1.807, 2.05) is 12.1 Å². The summed E-state index contributed by atoms with van der Waals surface area (Å²) in [7, 11) is 0. The van der Waals surface area contributed by atoms with Crippen molar-refractivity contribution in [1.82, 2.24) is 0 Å². The summed E-state index contributed by atoms with van der Waals surface area (Å²) in [6.45, 7) is 0. The summed E-state index contributed by atoms with van der Waals surface area (Å²) in [5.41, 5.74) is 18.7. The first-order chi connectivity index (χ1) is 35.2. The maximum absolute atomic E-state index is 6.47. The highest BCUT2D eigenvalue weighted by atomic mass is 16.3. The number of benzene rings is 12. The van der Waals surface area contributed by atoms with Crippen molar-refractivity contribution in [1.29, 1.82) is 0 Å². The number of hydrogen-bond donors (Lipinski definition) is 0. The Morgan fingerprint density at radius 3 is 1.69 bits per heavy atom. The van der Waals surface area contributed by atoms with Gasteiger partial charge in [0.15, 0.2) is 0 Å². The maximum atomic E-state index is 6.47. The number of fused-ring (bicyclic) bond motifs is 9. The molecule has 0 atom stereocenters. The second-order valence-electron chi connectivity index (χ2n) is 18.7. The molecule has 1 heterocycles. The van der Waals surface area contributed by atoms with Crippen LogP contribution in [0.3, 0.4) is 0 Å². The topological polar surface area (TPSA) is 16.4 Å². The molecule has 332 valence electrons. The molecule has 1 aromatic heterocycles. The predicted molar refractivity (Wildman–Crippen MR) is 297 cm³/mol. The fourth-order valence-corrected chi connectivity index (χ4v) is 11.8. The summed E-state index contributed by atoms with van der Waals surface area (Å²) in [6, 6.07) is 100. The minimum absolute atomic E-state index is 0.575. The smallest absolute Gasteiger partial charge is 0.136 e. The summed E-state index contributed by atoms with van der Waals surface area (Å²) in [5, 5.41) is 7.19. The monoisotopic (exact) mass is 903 g/mol. The van der Waals surface area contributed by atoms with Gasteiger partial charge in [0.1, 0.15) is 11.2 Å². The van der Waals surface area contributed by atoms with Crippen molar-refractivity contribution in [3.63, 3.8) is 0 Å². The molecule has 0 radical (unpaired) electrons. The summed E-state index contributed by atoms with van der Waals surface area (Å²) in [5.74, 6) is 0. The number of nitrogens with zero attached hydrogens (tertiary/aromatic N) is 1. The standard InChI is InChI=1S/C69H45NO/c1-4-20-46(21-5-1)55-40-39-50(61-43-49-22-10-11-29-54(49)56-30-12-13-31-57(56)61)44-65(55)70(53-28-18-23-47(42-53)48-38-41-59-58-32-15-17-37-66(58)71-67(59)45-48)64-36-19-35-63-68(64)60-33-14-16-34-62(60)69(63,51-24-6-2-7-25-51)52-26-8-3-9-27-52/h1-45H. The Kier molecular flexibility index (Phi) is 9.47. The van der Waals surface area contributed by atoms with Gasteiger partial charge in [-0.1, -0.05) is 224 Å². The normalized spacial score (nSPS) is 12.6. The molecule has 0 amide bonds. The first-order valence-electron chi connectivity index (χ1n) is 24.5. The van der Waals surface area contributed by atoms with Crippen LogP contribution in [0.2, 0.25) is 0 Å². The molecule has 0 N–H and O–H groups in total. The Morgan fingerprint density at radius 1 is 0.296 bits per heavy atom. The summed E-state index contributed by atoms with van der Waals surface area (Å²) in [4.78, 5) is 2.54. The first-order valence-corrected chi connectivity index (χ1v) is 24.5. The van der Waals surface area contributed by atoms with Crippen LogP contribution < -0.4 is 4.90 Å². The van der Waals surface area contributed by atoms with Gasteiger partial charge in [0.05, 0.1) is 16.8 Å². The zero-order valence-corrected chi connectivity index (χ0v) is 38.8. The van der Waals surface area contributed by atoms with Gasteiger partial charge in [-0.25, -0.2) is 0 Å². The van der Waals surface area contributed by atoms with Crippen LogP contribution in [-0.4, -0.2) is 0 Å². The number of hydrogen-bond acceptors (Lipinski definition) is 2. The molecule has 0 spiro atoms. The molecule has 0 aliphatic heterocycles. The van der Waals surface area contributed by atoms with Gasteiger partial charge in [-0.2, -0.15) is 0 Å². The molecular weight excluding hydrogens is 859 g/mol. The molecule has 14 rings (SSSR count). The van der Waals surface area contributed by atoms with E-state index in [-0.39, 0.29) is 0 Å². The van der Waals surface area contributed by atoms with Crippen molar-refractivity contribution in [3.8, 4) is 44.5 Å². The lowest BCUT2D eigenvalue weighted by Gasteiger charge is -2.35. The molecule has 0 saturated carbocycles. The van der Waals surface area contributed by atoms with E-state index in [1.54, 1.807) is 0 Å². The lowest BCUT2D eigenvalue weighted by molar-refractivity contribution is 0.669. The third kappa shape index (κ3) is 6.42. The van der Waals surface area contributed by atoms with Gasteiger partial charge >= 0.3 is 0 Å². The number of rotatable bonds is 8. The number of para-hydroxylation sites is 1. The lowest BCUT2D eigenvalue weighted by Crippen LogP contribution is -2.28. The van der Waals surface area contributed by atoms with E-state index in [0.717, 1.165) is 66.8 Å². The Morgan fingerprint density at radius 2 is 0.887 bits per heavy atom. The molecule has 2 heteroatoms. The van der Waals surface area contributed by atoms with Gasteiger partial charge < -0.3 is 9.32 Å². The van der Waals surface area contributed by atoms with Gasteiger partial charge in [-0.15, -0.1) is 0 Å². The Labute approximate surface area is 413 Å². The van der Waals surface area contributed by atoms with Crippen LogP contribution >= 0.6 is 0 Å². The molecule has 0 unspecified atom stereocenters. The lowest BCUT2D eigenvalue weighted by atomic mass is 9.68. The third-order valence-electron chi connectivity index (χ3n) is 14.9. The maximum Gasteiger partial charge on any atom is 0.136 e. The molecule has 0 saturated heterocycles. The van der Waals surface area contributed by atoms with Crippen molar-refractivity contribution in [2.75, 3.05) is 4.90 Å². The highest BCUT2D eigenvalue weighted by Crippen LogP contribution is 2.60. The second-order valence-corrected chi connectivity index (χ2v) is 18.7. The van der Waals surface area contributed by atoms with Crippen molar-refractivity contribution in [2.24, 2.45) is 0 Å². The SMILES string of the molecule is c1ccc(-c2ccc(-c3cc4ccccc4c4ccccc34)cc2N(c2cccc(-c3ccc4c(c3)oc3ccccc34)c2)c2cccc3c2-c2ccccc2C3(c2ccccc2)c2ccccc2)cc1. The number of anilines is 3. The average Bonchev–Trinajstić information content (AvgIpc) is 3.98. The molecule has 71 heavy (non-hydrogen) atoms. The van der Waals surface area contributed by atoms with Gasteiger partial charge in [0.2, 0.25) is 0 Å². The van der Waals surface area contributed by atoms with E-state index in [1.165, 1.54) is 60.5 Å². The fraction of sp³-hybridized carbons (Fsp3) is 0.0145. The molecule has 13 aromatic rings. The summed E-state index contributed by atoms with van der Waals surface area (Å²) >= 11 is 0. The third-order valence-corrected chi connectivity index (χ3v) is 14.9. The van der Waals surface area contributed by atoms with Gasteiger partial charge in [0.25, 0.3) is 0 Å². The van der Waals surface area contributed by atoms with Crippen LogP contribution in [0.5, 0.6) is 0 Å². The van der Waals surface area contributed by atoms with Crippen LogP contribution in [-0.2, 0) is 5.41 Å². The van der Waals surface area contributed by atoms with E-state index >= 15 is 0 Å².